The lowest BCUT2D eigenvalue weighted by Crippen LogP contribution is -2.30. The van der Waals surface area contributed by atoms with Crippen LogP contribution in [0.3, 0.4) is 0 Å². The molecule has 5 nitrogen and oxygen atoms in total. The number of carboxylic acid groups (broad SMARTS) is 1. The van der Waals surface area contributed by atoms with Crippen molar-refractivity contribution in [3.8, 4) is 0 Å². The fraction of sp³-hybridized carbons (Fsp3) is 0.167. The van der Waals surface area contributed by atoms with Gasteiger partial charge in [-0.05, 0) is 0 Å². The Bertz CT molecular complexity index is 272. The molecule has 1 aromatic rings. The number of hydrogen-bond acceptors (Lipinski definition) is 4. The number of amides is 1. The Hall–Kier alpha value is -1.43. The van der Waals surface area contributed by atoms with Crippen molar-refractivity contribution in [1.29, 1.82) is 0 Å². The van der Waals surface area contributed by atoms with Crippen LogP contribution in [0.1, 0.15) is 0 Å². The second-order valence-corrected chi connectivity index (χ2v) is 2.75. The van der Waals surface area contributed by atoms with Crippen LogP contribution in [0.2, 0.25) is 0 Å². The van der Waals surface area contributed by atoms with Crippen molar-refractivity contribution >= 4 is 28.8 Å². The normalized spacial score (nSPS) is 9.33. The predicted molar refractivity (Wildman–Crippen MR) is 43.5 cm³/mol. The number of rotatable bonds is 3. The van der Waals surface area contributed by atoms with E-state index in [0.29, 0.717) is 11.4 Å². The highest BCUT2D eigenvalue weighted by atomic mass is 32.1. The first-order valence-corrected chi connectivity index (χ1v) is 3.97. The van der Waals surface area contributed by atoms with Gasteiger partial charge in [-0.15, -0.1) is 11.3 Å². The first-order valence-electron chi connectivity index (χ1n) is 3.09. The van der Waals surface area contributed by atoms with Crippen LogP contribution in [0.25, 0.3) is 0 Å². The van der Waals surface area contributed by atoms with Gasteiger partial charge in [-0.1, -0.05) is 0 Å². The lowest BCUT2D eigenvalue weighted by Gasteiger charge is -2.10. The van der Waals surface area contributed by atoms with Crippen molar-refractivity contribution in [2.24, 2.45) is 0 Å². The molecule has 0 aliphatic rings. The molecule has 1 aromatic heterocycles. The van der Waals surface area contributed by atoms with Gasteiger partial charge in [-0.3, -0.25) is 0 Å². The third-order valence-corrected chi connectivity index (χ3v) is 1.93. The fourth-order valence-corrected chi connectivity index (χ4v) is 1.31. The highest BCUT2D eigenvalue weighted by Gasteiger charge is 2.15. The molecule has 0 aromatic carbocycles. The molecule has 1 rings (SSSR count). The number of nitrogens with zero attached hydrogens (tertiary/aromatic N) is 2. The zero-order chi connectivity index (χ0) is 8.97. The summed E-state index contributed by atoms with van der Waals surface area (Å²) >= 11 is 1.17. The number of aromatic nitrogens is 1. The zero-order valence-electron chi connectivity index (χ0n) is 6.01. The third kappa shape index (κ3) is 1.79. The van der Waals surface area contributed by atoms with Crippen molar-refractivity contribution < 1.29 is 14.7 Å². The molecule has 0 bridgehead atoms. The average molecular weight is 186 g/mol. The first kappa shape index (κ1) is 8.66. The maximum atomic E-state index is 10.5. The number of thiazole rings is 1. The Morgan fingerprint density at radius 1 is 1.83 bits per heavy atom. The van der Waals surface area contributed by atoms with E-state index in [2.05, 4.69) is 4.98 Å². The van der Waals surface area contributed by atoms with Crippen molar-refractivity contribution in [1.82, 2.24) is 4.98 Å². The Morgan fingerprint density at radius 2 is 2.58 bits per heavy atom. The minimum absolute atomic E-state index is 0.178. The summed E-state index contributed by atoms with van der Waals surface area (Å²) in [5, 5.41) is 10.6. The molecule has 0 unspecified atom stereocenters. The van der Waals surface area contributed by atoms with Crippen molar-refractivity contribution in [3.05, 3.63) is 11.6 Å². The molecule has 0 fully saturated rings. The number of carbonyl (C=O) groups is 2. The van der Waals surface area contributed by atoms with Gasteiger partial charge < -0.3 is 9.90 Å². The summed E-state index contributed by atoms with van der Waals surface area (Å²) in [4.78, 5) is 25.3. The molecule has 0 spiro atoms. The summed E-state index contributed by atoms with van der Waals surface area (Å²) in [7, 11) is 0. The fourth-order valence-electron chi connectivity index (χ4n) is 0.662. The van der Waals surface area contributed by atoms with E-state index in [1.165, 1.54) is 17.5 Å². The molecule has 0 saturated heterocycles. The van der Waals surface area contributed by atoms with Crippen LogP contribution >= 0.6 is 11.3 Å². The van der Waals surface area contributed by atoms with E-state index in [4.69, 9.17) is 5.11 Å². The standard InChI is InChI=1S/C6H6N2O3S/c9-3-2-8(6(10)11)5-7-1-4-12-5/h1,3-4H,2H2,(H,10,11). The van der Waals surface area contributed by atoms with Crippen LogP contribution in [0, 0.1) is 0 Å². The van der Waals surface area contributed by atoms with E-state index >= 15 is 0 Å². The molecular weight excluding hydrogens is 180 g/mol. The number of carbonyl (C=O) groups excluding carboxylic acids is 1. The Morgan fingerprint density at radius 3 is 3.00 bits per heavy atom. The molecule has 1 amide bonds. The summed E-state index contributed by atoms with van der Waals surface area (Å²) in [6.45, 7) is -0.178. The average Bonchev–Trinajstić information content (AvgIpc) is 2.51. The van der Waals surface area contributed by atoms with Crippen LogP contribution in [0.15, 0.2) is 11.6 Å². The molecule has 0 atom stereocenters. The first-order chi connectivity index (χ1) is 5.75. The summed E-state index contributed by atoms with van der Waals surface area (Å²) in [5.74, 6) is 0. The summed E-state index contributed by atoms with van der Waals surface area (Å²) in [6.07, 6.45) is 0.841. The van der Waals surface area contributed by atoms with E-state index in [9.17, 15) is 9.59 Å². The molecule has 0 saturated carbocycles. The molecule has 1 N–H and O–H groups in total. The molecule has 0 aliphatic heterocycles. The van der Waals surface area contributed by atoms with Gasteiger partial charge >= 0.3 is 6.09 Å². The Labute approximate surface area is 72.3 Å². The Balaban J connectivity index is 2.80. The molecule has 64 valence electrons. The quantitative estimate of drug-likeness (QED) is 0.709. The number of aldehydes is 1. The Kier molecular flexibility index (Phi) is 2.76. The summed E-state index contributed by atoms with van der Waals surface area (Å²) in [5.41, 5.74) is 0. The molecule has 0 radical (unpaired) electrons. The largest absolute Gasteiger partial charge is 0.465 e. The van der Waals surface area contributed by atoms with E-state index < -0.39 is 6.09 Å². The predicted octanol–water partition coefficient (Wildman–Crippen LogP) is 0.826. The molecule has 0 aliphatic carbocycles. The van der Waals surface area contributed by atoms with Crippen LogP contribution in [0.4, 0.5) is 9.93 Å². The maximum Gasteiger partial charge on any atom is 0.414 e. The van der Waals surface area contributed by atoms with Gasteiger partial charge in [0, 0.05) is 11.6 Å². The second-order valence-electron chi connectivity index (χ2n) is 1.87. The van der Waals surface area contributed by atoms with Gasteiger partial charge in [0.15, 0.2) is 5.13 Å². The van der Waals surface area contributed by atoms with Crippen LogP contribution in [-0.2, 0) is 4.79 Å². The van der Waals surface area contributed by atoms with E-state index in [1.54, 1.807) is 5.38 Å². The highest BCUT2D eigenvalue weighted by molar-refractivity contribution is 7.13. The lowest BCUT2D eigenvalue weighted by molar-refractivity contribution is -0.106. The summed E-state index contributed by atoms with van der Waals surface area (Å²) in [6, 6.07) is 0. The molecule has 12 heavy (non-hydrogen) atoms. The SMILES string of the molecule is O=CCN(C(=O)O)c1nccs1. The van der Waals surface area contributed by atoms with Crippen LogP contribution in [0.5, 0.6) is 0 Å². The van der Waals surface area contributed by atoms with Gasteiger partial charge in [0.05, 0.1) is 6.54 Å². The minimum Gasteiger partial charge on any atom is -0.465 e. The lowest BCUT2D eigenvalue weighted by atomic mass is 10.6. The minimum atomic E-state index is -1.17. The van der Waals surface area contributed by atoms with Crippen LogP contribution < -0.4 is 4.90 Å². The van der Waals surface area contributed by atoms with Gasteiger partial charge in [0.25, 0.3) is 0 Å². The topological polar surface area (TPSA) is 70.5 Å². The molecule has 6 heteroatoms. The van der Waals surface area contributed by atoms with Gasteiger partial charge in [0.1, 0.15) is 6.29 Å². The van der Waals surface area contributed by atoms with Gasteiger partial charge in [0.2, 0.25) is 0 Å². The molecule has 1 heterocycles. The number of anilines is 1. The van der Waals surface area contributed by atoms with Crippen molar-refractivity contribution in [3.63, 3.8) is 0 Å². The smallest absolute Gasteiger partial charge is 0.414 e. The van der Waals surface area contributed by atoms with Crippen molar-refractivity contribution in [2.45, 2.75) is 0 Å². The zero-order valence-corrected chi connectivity index (χ0v) is 6.82. The van der Waals surface area contributed by atoms with E-state index in [-0.39, 0.29) is 6.54 Å². The maximum absolute atomic E-state index is 10.5. The molecular formula is C6H6N2O3S. The summed E-state index contributed by atoms with van der Waals surface area (Å²) < 4.78 is 0. The monoisotopic (exact) mass is 186 g/mol. The number of hydrogen-bond donors (Lipinski definition) is 1. The van der Waals surface area contributed by atoms with Gasteiger partial charge in [-0.2, -0.15) is 0 Å². The van der Waals surface area contributed by atoms with Gasteiger partial charge in [-0.25, -0.2) is 14.7 Å². The highest BCUT2D eigenvalue weighted by Crippen LogP contribution is 2.16. The van der Waals surface area contributed by atoms with E-state index in [0.717, 1.165) is 4.90 Å². The van der Waals surface area contributed by atoms with E-state index in [1.807, 2.05) is 0 Å². The second kappa shape index (κ2) is 3.82. The van der Waals surface area contributed by atoms with Crippen molar-refractivity contribution in [2.75, 3.05) is 11.4 Å². The third-order valence-electron chi connectivity index (χ3n) is 1.14. The van der Waals surface area contributed by atoms with Crippen LogP contribution in [-0.4, -0.2) is 29.0 Å².